The van der Waals surface area contributed by atoms with Crippen molar-refractivity contribution in [1.82, 2.24) is 0 Å². The van der Waals surface area contributed by atoms with E-state index in [1.165, 1.54) is 36.4 Å². The van der Waals surface area contributed by atoms with Crippen LogP contribution in [-0.2, 0) is 12.7 Å². The van der Waals surface area contributed by atoms with E-state index in [-0.39, 0.29) is 39.4 Å². The van der Waals surface area contributed by atoms with Crippen LogP contribution in [0.25, 0.3) is 22.1 Å². The summed E-state index contributed by atoms with van der Waals surface area (Å²) in [6.07, 6.45) is -2.91. The summed E-state index contributed by atoms with van der Waals surface area (Å²) in [7, 11) is 0. The summed E-state index contributed by atoms with van der Waals surface area (Å²) in [4.78, 5) is 14.4. The zero-order chi connectivity index (χ0) is 22.3. The zero-order valence-electron chi connectivity index (χ0n) is 16.9. The molecule has 1 aliphatic heterocycles. The molecular formula is C23H22ClF3NO3+. The van der Waals surface area contributed by atoms with Crippen LogP contribution in [0.1, 0.15) is 31.1 Å². The highest BCUT2D eigenvalue weighted by Crippen LogP contribution is 2.39. The molecule has 164 valence electrons. The number of fused-ring (bicyclic) bond motifs is 1. The second kappa shape index (κ2) is 8.20. The van der Waals surface area contributed by atoms with Crippen LogP contribution in [0.15, 0.2) is 45.6 Å². The van der Waals surface area contributed by atoms with Gasteiger partial charge in [-0.25, -0.2) is 0 Å². The predicted octanol–water partition coefficient (Wildman–Crippen LogP) is 4.65. The van der Waals surface area contributed by atoms with Crippen molar-refractivity contribution < 1.29 is 27.6 Å². The van der Waals surface area contributed by atoms with Crippen LogP contribution < -0.4 is 10.3 Å². The molecule has 0 radical (unpaired) electrons. The molecule has 1 aromatic heterocycles. The number of benzene rings is 2. The van der Waals surface area contributed by atoms with Gasteiger partial charge in [0, 0.05) is 5.02 Å². The van der Waals surface area contributed by atoms with Crippen molar-refractivity contribution in [2.45, 2.75) is 32.5 Å². The summed E-state index contributed by atoms with van der Waals surface area (Å²) in [5.74, 6) is -0.966. The standard InChI is InChI=1S/C23H21ClF3NO3/c1-13-7-9-28(10-8-13)12-17-18(29)6-5-16-20(30)19(14-3-2-4-15(24)11-14)22(23(25,26)27)31-21(16)17/h2-6,11,13,29H,7-10,12H2,1H3/p+1. The second-order valence-corrected chi connectivity index (χ2v) is 8.63. The molecule has 2 heterocycles. The number of hydrogen-bond donors (Lipinski definition) is 2. The number of likely N-dealkylation sites (tertiary alicyclic amines) is 1. The molecule has 3 aromatic rings. The number of alkyl halides is 3. The molecule has 0 unspecified atom stereocenters. The van der Waals surface area contributed by atoms with Gasteiger partial charge in [0.25, 0.3) is 0 Å². The number of nitrogens with one attached hydrogen (secondary N) is 1. The topological polar surface area (TPSA) is 54.9 Å². The fraction of sp³-hybridized carbons (Fsp3) is 0.348. The summed E-state index contributed by atoms with van der Waals surface area (Å²) in [6.45, 7) is 4.13. The first-order valence-electron chi connectivity index (χ1n) is 10.1. The smallest absolute Gasteiger partial charge is 0.450 e. The average Bonchev–Trinajstić information content (AvgIpc) is 2.70. The molecule has 4 nitrogen and oxygen atoms in total. The summed E-state index contributed by atoms with van der Waals surface area (Å²) in [5, 5.41) is 10.6. The van der Waals surface area contributed by atoms with Crippen molar-refractivity contribution in [2.75, 3.05) is 13.1 Å². The quantitative estimate of drug-likeness (QED) is 0.608. The lowest BCUT2D eigenvalue weighted by atomic mass is 9.97. The molecule has 0 spiro atoms. The van der Waals surface area contributed by atoms with Crippen molar-refractivity contribution in [2.24, 2.45) is 5.92 Å². The van der Waals surface area contributed by atoms with Gasteiger partial charge in [-0.15, -0.1) is 0 Å². The molecule has 8 heteroatoms. The maximum Gasteiger partial charge on any atom is 0.450 e. The van der Waals surface area contributed by atoms with Gasteiger partial charge in [-0.3, -0.25) is 4.79 Å². The highest BCUT2D eigenvalue weighted by Gasteiger charge is 2.40. The molecule has 0 atom stereocenters. The highest BCUT2D eigenvalue weighted by atomic mass is 35.5. The minimum atomic E-state index is -4.90. The molecule has 2 aromatic carbocycles. The van der Waals surface area contributed by atoms with E-state index in [1.807, 2.05) is 0 Å². The molecule has 2 N–H and O–H groups in total. The van der Waals surface area contributed by atoms with Crippen LogP contribution in [0.5, 0.6) is 5.75 Å². The SMILES string of the molecule is CC1CC[NH+](Cc2c(O)ccc3c(=O)c(-c4cccc(Cl)c4)c(C(F)(F)F)oc23)CC1. The predicted molar refractivity (Wildman–Crippen MR) is 112 cm³/mol. The van der Waals surface area contributed by atoms with E-state index < -0.39 is 22.9 Å². The Bertz CT molecular complexity index is 1180. The molecule has 0 saturated carbocycles. The Hall–Kier alpha value is -2.51. The number of halogens is 4. The third-order valence-electron chi connectivity index (χ3n) is 5.92. The zero-order valence-corrected chi connectivity index (χ0v) is 17.6. The third-order valence-corrected chi connectivity index (χ3v) is 6.15. The molecule has 31 heavy (non-hydrogen) atoms. The number of phenolic OH excluding ortho intramolecular Hbond substituents is 1. The monoisotopic (exact) mass is 452 g/mol. The first-order valence-corrected chi connectivity index (χ1v) is 10.5. The van der Waals surface area contributed by atoms with Crippen molar-refractivity contribution in [3.63, 3.8) is 0 Å². The molecule has 1 fully saturated rings. The normalized spacial score (nSPS) is 19.6. The van der Waals surface area contributed by atoms with Gasteiger partial charge in [-0.1, -0.05) is 30.7 Å². The fourth-order valence-electron chi connectivity index (χ4n) is 4.18. The molecule has 4 rings (SSSR count). The van der Waals surface area contributed by atoms with Crippen LogP contribution in [0.4, 0.5) is 13.2 Å². The minimum Gasteiger partial charge on any atom is -0.507 e. The minimum absolute atomic E-state index is 0.000512. The lowest BCUT2D eigenvalue weighted by molar-refractivity contribution is -0.919. The average molecular weight is 453 g/mol. The van der Waals surface area contributed by atoms with Crippen LogP contribution in [0.3, 0.4) is 0 Å². The summed E-state index contributed by atoms with van der Waals surface area (Å²) in [5.41, 5.74) is -1.35. The lowest BCUT2D eigenvalue weighted by Gasteiger charge is -2.27. The van der Waals surface area contributed by atoms with Gasteiger partial charge in [-0.2, -0.15) is 13.2 Å². The number of aromatic hydroxyl groups is 1. The Labute approximate surface area is 181 Å². The van der Waals surface area contributed by atoms with Gasteiger partial charge in [0.05, 0.1) is 29.6 Å². The van der Waals surface area contributed by atoms with Crippen LogP contribution >= 0.6 is 11.6 Å². The van der Waals surface area contributed by atoms with Crippen LogP contribution in [-0.4, -0.2) is 18.2 Å². The number of piperidine rings is 1. The Kier molecular flexibility index (Phi) is 5.75. The Morgan fingerprint density at radius 3 is 2.55 bits per heavy atom. The molecule has 1 aliphatic rings. The van der Waals surface area contributed by atoms with Gasteiger partial charge in [0.1, 0.15) is 12.3 Å². The summed E-state index contributed by atoms with van der Waals surface area (Å²) >= 11 is 5.95. The first kappa shape index (κ1) is 21.7. The lowest BCUT2D eigenvalue weighted by Crippen LogP contribution is -3.11. The van der Waals surface area contributed by atoms with Crippen LogP contribution in [0.2, 0.25) is 5.02 Å². The number of hydrogen-bond acceptors (Lipinski definition) is 3. The number of rotatable bonds is 3. The van der Waals surface area contributed by atoms with E-state index >= 15 is 0 Å². The third kappa shape index (κ3) is 4.29. The van der Waals surface area contributed by atoms with Crippen molar-refractivity contribution in [1.29, 1.82) is 0 Å². The van der Waals surface area contributed by atoms with Crippen molar-refractivity contribution in [3.8, 4) is 16.9 Å². The Morgan fingerprint density at radius 2 is 1.90 bits per heavy atom. The number of quaternary nitrogens is 1. The van der Waals surface area contributed by atoms with E-state index in [0.29, 0.717) is 5.92 Å². The van der Waals surface area contributed by atoms with Crippen molar-refractivity contribution in [3.05, 3.63) is 63.0 Å². The molecule has 1 saturated heterocycles. The van der Waals surface area contributed by atoms with Gasteiger partial charge >= 0.3 is 6.18 Å². The highest BCUT2D eigenvalue weighted by molar-refractivity contribution is 6.30. The van der Waals surface area contributed by atoms with Gasteiger partial charge in [0.2, 0.25) is 11.2 Å². The van der Waals surface area contributed by atoms with E-state index in [0.717, 1.165) is 30.8 Å². The maximum absolute atomic E-state index is 13.9. The molecule has 0 aliphatic carbocycles. The molecule has 0 bridgehead atoms. The fourth-order valence-corrected chi connectivity index (χ4v) is 4.37. The van der Waals surface area contributed by atoms with E-state index in [2.05, 4.69) is 6.92 Å². The van der Waals surface area contributed by atoms with E-state index in [1.54, 1.807) is 0 Å². The van der Waals surface area contributed by atoms with Crippen LogP contribution in [0, 0.1) is 5.92 Å². The Balaban J connectivity index is 1.93. The Morgan fingerprint density at radius 1 is 1.19 bits per heavy atom. The molecule has 0 amide bonds. The van der Waals surface area contributed by atoms with Crippen molar-refractivity contribution >= 4 is 22.6 Å². The van der Waals surface area contributed by atoms with Gasteiger partial charge in [0.15, 0.2) is 5.58 Å². The second-order valence-electron chi connectivity index (χ2n) is 8.19. The van der Waals surface area contributed by atoms with E-state index in [9.17, 15) is 23.1 Å². The largest absolute Gasteiger partial charge is 0.507 e. The number of phenols is 1. The summed E-state index contributed by atoms with van der Waals surface area (Å²) < 4.78 is 47.2. The van der Waals surface area contributed by atoms with E-state index in [4.69, 9.17) is 16.0 Å². The van der Waals surface area contributed by atoms with Gasteiger partial charge < -0.3 is 14.4 Å². The molecular weight excluding hydrogens is 431 g/mol. The summed E-state index contributed by atoms with van der Waals surface area (Å²) in [6, 6.07) is 8.33. The first-order chi connectivity index (χ1) is 14.6. The maximum atomic E-state index is 13.9. The van der Waals surface area contributed by atoms with Gasteiger partial charge in [-0.05, 0) is 48.6 Å².